The Morgan fingerprint density at radius 3 is 2.39 bits per heavy atom. The predicted molar refractivity (Wildman–Crippen MR) is 149 cm³/mol. The second-order valence-corrected chi connectivity index (χ2v) is 9.90. The molecule has 194 valence electrons. The normalized spacial score (nSPS) is 14.1. The summed E-state index contributed by atoms with van der Waals surface area (Å²) in [5.74, 6) is -0.874. The Morgan fingerprint density at radius 1 is 0.947 bits per heavy atom. The van der Waals surface area contributed by atoms with Gasteiger partial charge < -0.3 is 15.4 Å². The van der Waals surface area contributed by atoms with Crippen LogP contribution >= 0.6 is 23.4 Å². The highest BCUT2D eigenvalue weighted by molar-refractivity contribution is 8.18. The summed E-state index contributed by atoms with van der Waals surface area (Å²) in [6, 6.07) is 19.2. The third kappa shape index (κ3) is 6.81. The molecule has 0 spiro atoms. The van der Waals surface area contributed by atoms with Crippen LogP contribution in [-0.4, -0.2) is 41.0 Å². The molecule has 0 aliphatic carbocycles. The summed E-state index contributed by atoms with van der Waals surface area (Å²) < 4.78 is 5.55. The van der Waals surface area contributed by atoms with Crippen molar-refractivity contribution in [2.24, 2.45) is 0 Å². The van der Waals surface area contributed by atoms with Crippen LogP contribution in [0.3, 0.4) is 0 Å². The predicted octanol–water partition coefficient (Wildman–Crippen LogP) is 5.65. The van der Waals surface area contributed by atoms with Crippen LogP contribution in [0.2, 0.25) is 5.02 Å². The first-order chi connectivity index (χ1) is 18.2. The van der Waals surface area contributed by atoms with Crippen LogP contribution in [0, 0.1) is 13.8 Å². The highest BCUT2D eigenvalue weighted by atomic mass is 35.5. The van der Waals surface area contributed by atoms with E-state index in [4.69, 9.17) is 16.3 Å². The number of nitrogens with zero attached hydrogens (tertiary/aromatic N) is 1. The summed E-state index contributed by atoms with van der Waals surface area (Å²) in [5, 5.41) is 5.41. The number of para-hydroxylation sites is 1. The van der Waals surface area contributed by atoms with E-state index < -0.39 is 23.6 Å². The molecule has 1 fully saturated rings. The maximum absolute atomic E-state index is 12.8. The molecule has 0 unspecified atom stereocenters. The van der Waals surface area contributed by atoms with E-state index in [1.807, 2.05) is 38.1 Å². The second kappa shape index (κ2) is 12.0. The molecule has 0 atom stereocenters. The molecule has 38 heavy (non-hydrogen) atoms. The van der Waals surface area contributed by atoms with E-state index in [-0.39, 0.29) is 17.4 Å². The Bertz CT molecular complexity index is 1440. The van der Waals surface area contributed by atoms with Gasteiger partial charge in [0, 0.05) is 16.4 Å². The van der Waals surface area contributed by atoms with E-state index in [1.165, 1.54) is 0 Å². The number of hydrogen-bond donors (Lipinski definition) is 2. The van der Waals surface area contributed by atoms with E-state index in [1.54, 1.807) is 48.5 Å². The Kier molecular flexibility index (Phi) is 8.50. The first-order valence-corrected chi connectivity index (χ1v) is 12.8. The molecule has 1 heterocycles. The molecule has 10 heteroatoms. The largest absolute Gasteiger partial charge is 0.484 e. The van der Waals surface area contributed by atoms with Crippen molar-refractivity contribution in [3.05, 3.63) is 93.3 Å². The lowest BCUT2D eigenvalue weighted by molar-refractivity contribution is -0.127. The monoisotopic (exact) mass is 549 g/mol. The summed E-state index contributed by atoms with van der Waals surface area (Å²) >= 11 is 6.84. The van der Waals surface area contributed by atoms with E-state index in [0.717, 1.165) is 33.5 Å². The fourth-order valence-electron chi connectivity index (χ4n) is 3.51. The van der Waals surface area contributed by atoms with Gasteiger partial charge in [-0.3, -0.25) is 24.1 Å². The van der Waals surface area contributed by atoms with Gasteiger partial charge >= 0.3 is 0 Å². The molecule has 8 nitrogen and oxygen atoms in total. The van der Waals surface area contributed by atoms with Crippen LogP contribution in [-0.2, 0) is 14.4 Å². The maximum atomic E-state index is 12.8. The van der Waals surface area contributed by atoms with Crippen molar-refractivity contribution in [1.82, 2.24) is 4.90 Å². The molecule has 1 aliphatic heterocycles. The van der Waals surface area contributed by atoms with Gasteiger partial charge in [-0.1, -0.05) is 48.0 Å². The fraction of sp³-hybridized carbons (Fsp3) is 0.143. The number of nitrogens with one attached hydrogen (secondary N) is 2. The van der Waals surface area contributed by atoms with Gasteiger partial charge in [-0.25, -0.2) is 0 Å². The number of amides is 4. The lowest BCUT2D eigenvalue weighted by Gasteiger charge is -2.13. The third-order valence-corrected chi connectivity index (χ3v) is 6.91. The second-order valence-electron chi connectivity index (χ2n) is 8.50. The molecule has 0 bridgehead atoms. The van der Waals surface area contributed by atoms with Crippen LogP contribution < -0.4 is 15.4 Å². The number of anilines is 2. The molecule has 0 aromatic heterocycles. The van der Waals surface area contributed by atoms with Crippen molar-refractivity contribution in [3.63, 3.8) is 0 Å². The van der Waals surface area contributed by atoms with Crippen LogP contribution in [0.5, 0.6) is 5.75 Å². The minimum absolute atomic E-state index is 0.163. The summed E-state index contributed by atoms with van der Waals surface area (Å²) in [6.07, 6.45) is 1.57. The van der Waals surface area contributed by atoms with E-state index in [9.17, 15) is 19.2 Å². The average molecular weight is 550 g/mol. The summed E-state index contributed by atoms with van der Waals surface area (Å²) in [5.41, 5.74) is 3.67. The van der Waals surface area contributed by atoms with Gasteiger partial charge in [0.1, 0.15) is 12.3 Å². The number of aryl methyl sites for hydroxylation is 2. The van der Waals surface area contributed by atoms with Crippen molar-refractivity contribution in [3.8, 4) is 5.75 Å². The Labute approximate surface area is 229 Å². The first-order valence-electron chi connectivity index (χ1n) is 11.6. The fourth-order valence-corrected chi connectivity index (χ4v) is 4.53. The number of ether oxygens (including phenoxy) is 1. The third-order valence-electron chi connectivity index (χ3n) is 5.60. The van der Waals surface area contributed by atoms with Gasteiger partial charge in [-0.15, -0.1) is 0 Å². The molecule has 3 aromatic rings. The molecule has 2 N–H and O–H groups in total. The van der Waals surface area contributed by atoms with Crippen molar-refractivity contribution in [2.45, 2.75) is 13.8 Å². The van der Waals surface area contributed by atoms with Gasteiger partial charge in [-0.05, 0) is 78.7 Å². The van der Waals surface area contributed by atoms with E-state index >= 15 is 0 Å². The molecule has 0 radical (unpaired) electrons. The number of carbonyl (C=O) groups is 4. The van der Waals surface area contributed by atoms with Gasteiger partial charge in [0.05, 0.1) is 4.91 Å². The maximum Gasteiger partial charge on any atom is 0.294 e. The van der Waals surface area contributed by atoms with Crippen molar-refractivity contribution in [2.75, 3.05) is 23.8 Å². The average Bonchev–Trinajstić information content (AvgIpc) is 3.14. The number of halogens is 1. The van der Waals surface area contributed by atoms with Gasteiger partial charge in [0.15, 0.2) is 6.61 Å². The standard InChI is InChI=1S/C28H24ClN3O5S/c1-17-7-10-20(14-22(17)29)30-25(33)15-32-27(35)24(38-28(32)36)13-19-8-11-21(12-9-19)37-16-26(34)31-23-6-4-3-5-18(23)2/h3-14H,15-16H2,1-2H3,(H,30,33)(H,31,34)/b24-13-. The SMILES string of the molecule is Cc1ccc(NC(=O)CN2C(=O)S/C(=C\c3ccc(OCC(=O)Nc4ccccc4C)cc3)C2=O)cc1Cl. The molecule has 4 amide bonds. The summed E-state index contributed by atoms with van der Waals surface area (Å²) in [4.78, 5) is 50.9. The smallest absolute Gasteiger partial charge is 0.294 e. The molecular weight excluding hydrogens is 526 g/mol. The van der Waals surface area contributed by atoms with Crippen molar-refractivity contribution < 1.29 is 23.9 Å². The minimum atomic E-state index is -0.551. The summed E-state index contributed by atoms with van der Waals surface area (Å²) in [6.45, 7) is 3.17. The highest BCUT2D eigenvalue weighted by Gasteiger charge is 2.36. The zero-order valence-electron chi connectivity index (χ0n) is 20.6. The van der Waals surface area contributed by atoms with Crippen LogP contribution in [0.25, 0.3) is 6.08 Å². The lowest BCUT2D eigenvalue weighted by Crippen LogP contribution is -2.36. The van der Waals surface area contributed by atoms with Crippen molar-refractivity contribution in [1.29, 1.82) is 0 Å². The Balaban J connectivity index is 1.31. The number of imide groups is 1. The topological polar surface area (TPSA) is 105 Å². The first kappa shape index (κ1) is 27.0. The molecule has 0 saturated carbocycles. The number of carbonyl (C=O) groups excluding carboxylic acids is 4. The van der Waals surface area contributed by atoms with Gasteiger partial charge in [0.2, 0.25) is 5.91 Å². The Morgan fingerprint density at radius 2 is 1.68 bits per heavy atom. The highest BCUT2D eigenvalue weighted by Crippen LogP contribution is 2.32. The number of benzene rings is 3. The Hall–Kier alpha value is -4.08. The van der Waals surface area contributed by atoms with Gasteiger partial charge in [0.25, 0.3) is 17.1 Å². The number of thioether (sulfide) groups is 1. The zero-order chi connectivity index (χ0) is 27.2. The minimum Gasteiger partial charge on any atom is -0.484 e. The van der Waals surface area contributed by atoms with Gasteiger partial charge in [-0.2, -0.15) is 0 Å². The number of hydrogen-bond acceptors (Lipinski definition) is 6. The molecule has 1 saturated heterocycles. The lowest BCUT2D eigenvalue weighted by atomic mass is 10.2. The van der Waals surface area contributed by atoms with Crippen molar-refractivity contribution >= 4 is 63.8 Å². The van der Waals surface area contributed by atoms with Crippen LogP contribution in [0.1, 0.15) is 16.7 Å². The van der Waals surface area contributed by atoms with E-state index in [2.05, 4.69) is 10.6 Å². The molecule has 4 rings (SSSR count). The quantitative estimate of drug-likeness (QED) is 0.352. The molecular formula is C28H24ClN3O5S. The van der Waals surface area contributed by atoms with Crippen LogP contribution in [0.4, 0.5) is 16.2 Å². The van der Waals surface area contributed by atoms with Crippen LogP contribution in [0.15, 0.2) is 71.6 Å². The zero-order valence-corrected chi connectivity index (χ0v) is 22.2. The molecule has 3 aromatic carbocycles. The summed E-state index contributed by atoms with van der Waals surface area (Å²) in [7, 11) is 0. The van der Waals surface area contributed by atoms with E-state index in [0.29, 0.717) is 22.0 Å². The number of rotatable bonds is 8. The molecule has 1 aliphatic rings.